The Bertz CT molecular complexity index is 283. The molecule has 4 heteroatoms. The Labute approximate surface area is 102 Å². The van der Waals surface area contributed by atoms with E-state index in [2.05, 4.69) is 4.74 Å². The number of ether oxygens (including phenoxy) is 2. The number of ketones is 1. The molecule has 0 aliphatic carbocycles. The molecular formula is C13H20O4. The Balaban J connectivity index is 2.08. The Kier molecular flexibility index (Phi) is 6.55. The smallest absolute Gasteiger partial charge is 0.305 e. The fraction of sp³-hybridized carbons (Fsp3) is 0.692. The molecule has 0 aromatic carbocycles. The van der Waals surface area contributed by atoms with Crippen molar-refractivity contribution >= 4 is 11.8 Å². The Morgan fingerprint density at radius 2 is 2.35 bits per heavy atom. The van der Waals surface area contributed by atoms with Crippen LogP contribution in [0.3, 0.4) is 0 Å². The molecule has 1 atom stereocenters. The van der Waals surface area contributed by atoms with Crippen LogP contribution in [0.15, 0.2) is 12.2 Å². The van der Waals surface area contributed by atoms with E-state index in [1.54, 1.807) is 0 Å². The summed E-state index contributed by atoms with van der Waals surface area (Å²) in [6.07, 6.45) is 7.40. The van der Waals surface area contributed by atoms with Crippen LogP contribution in [0, 0.1) is 5.92 Å². The summed E-state index contributed by atoms with van der Waals surface area (Å²) in [5.74, 6) is 0.158. The zero-order chi connectivity index (χ0) is 12.5. The van der Waals surface area contributed by atoms with E-state index in [9.17, 15) is 9.59 Å². The zero-order valence-corrected chi connectivity index (χ0v) is 10.3. The number of hydrogen-bond donors (Lipinski definition) is 0. The molecule has 0 saturated carbocycles. The van der Waals surface area contributed by atoms with Gasteiger partial charge in [0, 0.05) is 18.8 Å². The Morgan fingerprint density at radius 3 is 3.06 bits per heavy atom. The maximum absolute atomic E-state index is 11.5. The molecule has 0 radical (unpaired) electrons. The van der Waals surface area contributed by atoms with Gasteiger partial charge in [-0.15, -0.1) is 0 Å². The number of carbonyl (C=O) groups is 2. The van der Waals surface area contributed by atoms with Crippen molar-refractivity contribution in [3.05, 3.63) is 12.2 Å². The van der Waals surface area contributed by atoms with Crippen LogP contribution in [-0.2, 0) is 19.1 Å². The molecule has 1 rings (SSSR count). The van der Waals surface area contributed by atoms with Crippen LogP contribution in [0.2, 0.25) is 0 Å². The lowest BCUT2D eigenvalue weighted by atomic mass is 9.97. The van der Waals surface area contributed by atoms with Gasteiger partial charge in [0.25, 0.3) is 0 Å². The summed E-state index contributed by atoms with van der Waals surface area (Å²) in [4.78, 5) is 22.3. The molecule has 0 spiro atoms. The predicted octanol–water partition coefficient (Wildman–Crippen LogP) is 1.88. The van der Waals surface area contributed by atoms with Gasteiger partial charge in [-0.3, -0.25) is 9.59 Å². The average molecular weight is 240 g/mol. The SMILES string of the molecule is COC(=O)CCC/C=C\CC1COCCC1=O. The number of rotatable bonds is 6. The van der Waals surface area contributed by atoms with Crippen LogP contribution in [0.5, 0.6) is 0 Å². The second kappa shape index (κ2) is 8.01. The second-order valence-corrected chi connectivity index (χ2v) is 4.16. The van der Waals surface area contributed by atoms with Gasteiger partial charge in [0.1, 0.15) is 5.78 Å². The molecule has 1 aliphatic rings. The zero-order valence-electron chi connectivity index (χ0n) is 10.3. The number of Topliss-reactive ketones (excluding diaryl/α,β-unsaturated/α-hetero) is 1. The highest BCUT2D eigenvalue weighted by molar-refractivity contribution is 5.81. The average Bonchev–Trinajstić information content (AvgIpc) is 2.35. The van der Waals surface area contributed by atoms with Gasteiger partial charge in [0.05, 0.1) is 20.3 Å². The molecule has 17 heavy (non-hydrogen) atoms. The Hall–Kier alpha value is -1.16. The number of esters is 1. The monoisotopic (exact) mass is 240 g/mol. The lowest BCUT2D eigenvalue weighted by molar-refractivity contribution is -0.140. The molecule has 0 bridgehead atoms. The molecule has 1 heterocycles. The first-order chi connectivity index (χ1) is 8.24. The first kappa shape index (κ1) is 13.9. The van der Waals surface area contributed by atoms with Gasteiger partial charge >= 0.3 is 5.97 Å². The van der Waals surface area contributed by atoms with Crippen LogP contribution in [0.4, 0.5) is 0 Å². The van der Waals surface area contributed by atoms with Crippen LogP contribution in [0.1, 0.15) is 32.1 Å². The largest absolute Gasteiger partial charge is 0.469 e. The van der Waals surface area contributed by atoms with E-state index in [0.29, 0.717) is 31.8 Å². The summed E-state index contributed by atoms with van der Waals surface area (Å²) >= 11 is 0. The third-order valence-corrected chi connectivity index (χ3v) is 2.83. The molecule has 0 aromatic heterocycles. The van der Waals surface area contributed by atoms with Crippen molar-refractivity contribution < 1.29 is 19.1 Å². The summed E-state index contributed by atoms with van der Waals surface area (Å²) in [5.41, 5.74) is 0. The van der Waals surface area contributed by atoms with Gasteiger partial charge in [0.15, 0.2) is 0 Å². The molecule has 1 aliphatic heterocycles. The molecular weight excluding hydrogens is 220 g/mol. The minimum absolute atomic E-state index is 0.0283. The van der Waals surface area contributed by atoms with E-state index in [-0.39, 0.29) is 11.9 Å². The van der Waals surface area contributed by atoms with E-state index < -0.39 is 0 Å². The highest BCUT2D eigenvalue weighted by Crippen LogP contribution is 2.14. The molecule has 0 aromatic rings. The summed E-state index contributed by atoms with van der Waals surface area (Å²) < 4.78 is 9.80. The predicted molar refractivity (Wildman–Crippen MR) is 63.6 cm³/mol. The van der Waals surface area contributed by atoms with Crippen molar-refractivity contribution in [2.45, 2.75) is 32.1 Å². The van der Waals surface area contributed by atoms with Crippen molar-refractivity contribution in [1.29, 1.82) is 0 Å². The number of methoxy groups -OCH3 is 1. The first-order valence-corrected chi connectivity index (χ1v) is 6.06. The van der Waals surface area contributed by atoms with Crippen LogP contribution >= 0.6 is 0 Å². The van der Waals surface area contributed by atoms with E-state index in [4.69, 9.17) is 4.74 Å². The minimum Gasteiger partial charge on any atom is -0.469 e. The number of allylic oxidation sites excluding steroid dienone is 2. The second-order valence-electron chi connectivity index (χ2n) is 4.16. The van der Waals surface area contributed by atoms with Gasteiger partial charge in [0.2, 0.25) is 0 Å². The van der Waals surface area contributed by atoms with Crippen LogP contribution < -0.4 is 0 Å². The van der Waals surface area contributed by atoms with Crippen molar-refractivity contribution in [2.24, 2.45) is 5.92 Å². The lowest BCUT2D eigenvalue weighted by Gasteiger charge is -2.19. The van der Waals surface area contributed by atoms with Crippen molar-refractivity contribution in [3.8, 4) is 0 Å². The first-order valence-electron chi connectivity index (χ1n) is 6.06. The highest BCUT2D eigenvalue weighted by atomic mass is 16.5. The van der Waals surface area contributed by atoms with Crippen LogP contribution in [-0.4, -0.2) is 32.1 Å². The van der Waals surface area contributed by atoms with Crippen molar-refractivity contribution in [2.75, 3.05) is 20.3 Å². The maximum Gasteiger partial charge on any atom is 0.305 e. The summed E-state index contributed by atoms with van der Waals surface area (Å²) in [7, 11) is 1.40. The van der Waals surface area contributed by atoms with Gasteiger partial charge < -0.3 is 9.47 Å². The molecule has 0 amide bonds. The number of unbranched alkanes of at least 4 members (excludes halogenated alkanes) is 1. The third-order valence-electron chi connectivity index (χ3n) is 2.83. The fourth-order valence-electron chi connectivity index (χ4n) is 1.74. The molecule has 1 unspecified atom stereocenters. The minimum atomic E-state index is -0.172. The van der Waals surface area contributed by atoms with Crippen molar-refractivity contribution in [3.63, 3.8) is 0 Å². The quantitative estimate of drug-likeness (QED) is 0.404. The highest BCUT2D eigenvalue weighted by Gasteiger charge is 2.20. The topological polar surface area (TPSA) is 52.6 Å². The van der Waals surface area contributed by atoms with Gasteiger partial charge in [-0.2, -0.15) is 0 Å². The van der Waals surface area contributed by atoms with E-state index >= 15 is 0 Å². The molecule has 4 nitrogen and oxygen atoms in total. The molecule has 96 valence electrons. The van der Waals surface area contributed by atoms with E-state index in [0.717, 1.165) is 19.3 Å². The van der Waals surface area contributed by atoms with Gasteiger partial charge in [-0.1, -0.05) is 12.2 Å². The Morgan fingerprint density at radius 1 is 1.53 bits per heavy atom. The maximum atomic E-state index is 11.5. The summed E-state index contributed by atoms with van der Waals surface area (Å²) in [5, 5.41) is 0. The summed E-state index contributed by atoms with van der Waals surface area (Å²) in [6, 6.07) is 0. The van der Waals surface area contributed by atoms with E-state index in [1.165, 1.54) is 7.11 Å². The number of carbonyl (C=O) groups excluding carboxylic acids is 2. The van der Waals surface area contributed by atoms with Crippen molar-refractivity contribution in [1.82, 2.24) is 0 Å². The number of hydrogen-bond acceptors (Lipinski definition) is 4. The third kappa shape index (κ3) is 5.63. The van der Waals surface area contributed by atoms with Crippen LogP contribution in [0.25, 0.3) is 0 Å². The normalized spacial score (nSPS) is 20.8. The summed E-state index contributed by atoms with van der Waals surface area (Å²) in [6.45, 7) is 1.11. The lowest BCUT2D eigenvalue weighted by Crippen LogP contribution is -2.26. The standard InChI is InChI=1S/C13H20O4/c1-16-13(15)7-5-3-2-4-6-11-10-17-9-8-12(11)14/h2,4,11H,3,5-10H2,1H3/b4-2-. The van der Waals surface area contributed by atoms with Gasteiger partial charge in [-0.05, 0) is 19.3 Å². The molecule has 1 saturated heterocycles. The fourth-order valence-corrected chi connectivity index (χ4v) is 1.74. The molecule has 1 fully saturated rings. The van der Waals surface area contributed by atoms with E-state index in [1.807, 2.05) is 12.2 Å². The molecule has 0 N–H and O–H groups in total. The van der Waals surface area contributed by atoms with Gasteiger partial charge in [-0.25, -0.2) is 0 Å².